The lowest BCUT2D eigenvalue weighted by molar-refractivity contribution is 0.0398. The van der Waals surface area contributed by atoms with Gasteiger partial charge in [-0.25, -0.2) is 4.98 Å². The van der Waals surface area contributed by atoms with Gasteiger partial charge in [-0.2, -0.15) is 4.98 Å². The highest BCUT2D eigenvalue weighted by Crippen LogP contribution is 2.15. The van der Waals surface area contributed by atoms with Crippen LogP contribution in [0.2, 0.25) is 0 Å². The van der Waals surface area contributed by atoms with E-state index in [0.717, 1.165) is 57.3 Å². The topological polar surface area (TPSA) is 62.3 Å². The standard InChI is InChI=1S/C18H25N5O/c1-2-15-3-5-16(6-4-15)21-18-20-8-7-17(22-18)19-9-10-23-11-13-24-14-12-23/h3-8H,2,9-14H2,1H3,(H2,19,20,21,22). The third-order valence-electron chi connectivity index (χ3n) is 4.11. The van der Waals surface area contributed by atoms with Gasteiger partial charge in [0.2, 0.25) is 5.95 Å². The second-order valence-electron chi connectivity index (χ2n) is 5.82. The first-order chi connectivity index (χ1) is 11.8. The Labute approximate surface area is 143 Å². The highest BCUT2D eigenvalue weighted by atomic mass is 16.5. The van der Waals surface area contributed by atoms with Crippen LogP contribution in [0.5, 0.6) is 0 Å². The van der Waals surface area contributed by atoms with E-state index in [2.05, 4.69) is 56.7 Å². The molecule has 6 nitrogen and oxygen atoms in total. The number of aryl methyl sites for hydroxylation is 1. The fraction of sp³-hybridized carbons (Fsp3) is 0.444. The molecule has 0 aliphatic carbocycles. The highest BCUT2D eigenvalue weighted by Gasteiger charge is 2.09. The summed E-state index contributed by atoms with van der Waals surface area (Å²) < 4.78 is 5.36. The van der Waals surface area contributed by atoms with Gasteiger partial charge in [-0.05, 0) is 30.2 Å². The van der Waals surface area contributed by atoms with E-state index in [1.54, 1.807) is 6.20 Å². The second kappa shape index (κ2) is 8.61. The lowest BCUT2D eigenvalue weighted by Crippen LogP contribution is -2.39. The van der Waals surface area contributed by atoms with E-state index in [1.807, 2.05) is 6.07 Å². The number of aromatic nitrogens is 2. The van der Waals surface area contributed by atoms with Crippen molar-refractivity contribution in [1.29, 1.82) is 0 Å². The van der Waals surface area contributed by atoms with Crippen LogP contribution in [0.4, 0.5) is 17.5 Å². The van der Waals surface area contributed by atoms with Gasteiger partial charge in [0, 0.05) is 38.1 Å². The summed E-state index contributed by atoms with van der Waals surface area (Å²) >= 11 is 0. The zero-order valence-corrected chi connectivity index (χ0v) is 14.2. The van der Waals surface area contributed by atoms with E-state index < -0.39 is 0 Å². The Morgan fingerprint density at radius 3 is 2.67 bits per heavy atom. The van der Waals surface area contributed by atoms with Crippen molar-refractivity contribution in [3.05, 3.63) is 42.1 Å². The van der Waals surface area contributed by atoms with Crippen molar-refractivity contribution in [3.63, 3.8) is 0 Å². The molecule has 0 bridgehead atoms. The minimum atomic E-state index is 0.607. The van der Waals surface area contributed by atoms with Crippen LogP contribution >= 0.6 is 0 Å². The summed E-state index contributed by atoms with van der Waals surface area (Å²) in [5.41, 5.74) is 2.32. The van der Waals surface area contributed by atoms with Crippen molar-refractivity contribution >= 4 is 17.5 Å². The number of nitrogens with one attached hydrogen (secondary N) is 2. The molecule has 2 aromatic rings. The molecule has 0 radical (unpaired) electrons. The summed E-state index contributed by atoms with van der Waals surface area (Å²) in [6.07, 6.45) is 2.81. The van der Waals surface area contributed by atoms with E-state index in [9.17, 15) is 0 Å². The largest absolute Gasteiger partial charge is 0.379 e. The monoisotopic (exact) mass is 327 g/mol. The maximum absolute atomic E-state index is 5.36. The van der Waals surface area contributed by atoms with Gasteiger partial charge in [0.15, 0.2) is 0 Å². The van der Waals surface area contributed by atoms with Gasteiger partial charge in [-0.3, -0.25) is 4.90 Å². The SMILES string of the molecule is CCc1ccc(Nc2nccc(NCCN3CCOCC3)n2)cc1. The van der Waals surface area contributed by atoms with Gasteiger partial charge in [-0.15, -0.1) is 0 Å². The number of morpholine rings is 1. The second-order valence-corrected chi connectivity index (χ2v) is 5.82. The maximum atomic E-state index is 5.36. The molecule has 0 amide bonds. The minimum Gasteiger partial charge on any atom is -0.379 e. The van der Waals surface area contributed by atoms with Crippen LogP contribution < -0.4 is 10.6 Å². The first-order valence-corrected chi connectivity index (χ1v) is 8.56. The number of ether oxygens (including phenoxy) is 1. The fourth-order valence-electron chi connectivity index (χ4n) is 2.64. The van der Waals surface area contributed by atoms with Crippen LogP contribution in [-0.2, 0) is 11.2 Å². The van der Waals surface area contributed by atoms with Crippen LogP contribution in [0.3, 0.4) is 0 Å². The highest BCUT2D eigenvalue weighted by molar-refractivity contribution is 5.55. The Morgan fingerprint density at radius 1 is 1.12 bits per heavy atom. The molecule has 0 atom stereocenters. The predicted octanol–water partition coefficient (Wildman–Crippen LogP) is 2.53. The van der Waals surface area contributed by atoms with Crippen LogP contribution in [-0.4, -0.2) is 54.3 Å². The molecule has 1 fully saturated rings. The van der Waals surface area contributed by atoms with Crippen LogP contribution in [0.1, 0.15) is 12.5 Å². The zero-order chi connectivity index (χ0) is 16.6. The van der Waals surface area contributed by atoms with Crippen LogP contribution in [0.25, 0.3) is 0 Å². The van der Waals surface area contributed by atoms with E-state index in [-0.39, 0.29) is 0 Å². The van der Waals surface area contributed by atoms with Crippen LogP contribution in [0.15, 0.2) is 36.5 Å². The van der Waals surface area contributed by atoms with E-state index >= 15 is 0 Å². The quantitative estimate of drug-likeness (QED) is 0.815. The lowest BCUT2D eigenvalue weighted by atomic mass is 10.1. The number of benzene rings is 1. The number of hydrogen-bond acceptors (Lipinski definition) is 6. The maximum Gasteiger partial charge on any atom is 0.229 e. The molecule has 24 heavy (non-hydrogen) atoms. The number of anilines is 3. The van der Waals surface area contributed by atoms with Crippen molar-refractivity contribution in [2.75, 3.05) is 50.0 Å². The molecule has 1 aromatic carbocycles. The fourth-order valence-corrected chi connectivity index (χ4v) is 2.64. The van der Waals surface area contributed by atoms with Crippen LogP contribution in [0, 0.1) is 0 Å². The summed E-state index contributed by atoms with van der Waals surface area (Å²) in [6.45, 7) is 7.68. The van der Waals surface area contributed by atoms with Crippen molar-refractivity contribution in [3.8, 4) is 0 Å². The van der Waals surface area contributed by atoms with Gasteiger partial charge in [0.1, 0.15) is 5.82 Å². The van der Waals surface area contributed by atoms with Gasteiger partial charge in [0.25, 0.3) is 0 Å². The first-order valence-electron chi connectivity index (χ1n) is 8.56. The summed E-state index contributed by atoms with van der Waals surface area (Å²) in [4.78, 5) is 11.2. The van der Waals surface area contributed by atoms with Crippen molar-refractivity contribution in [2.24, 2.45) is 0 Å². The predicted molar refractivity (Wildman–Crippen MR) is 96.9 cm³/mol. The summed E-state index contributed by atoms with van der Waals surface area (Å²) in [5, 5.41) is 6.61. The molecule has 0 unspecified atom stereocenters. The number of nitrogens with zero attached hydrogens (tertiary/aromatic N) is 3. The van der Waals surface area contributed by atoms with E-state index in [0.29, 0.717) is 5.95 Å². The molecule has 1 saturated heterocycles. The van der Waals surface area contributed by atoms with E-state index in [1.165, 1.54) is 5.56 Å². The third kappa shape index (κ3) is 4.91. The smallest absolute Gasteiger partial charge is 0.229 e. The molecule has 1 aliphatic rings. The first kappa shape index (κ1) is 16.7. The van der Waals surface area contributed by atoms with Gasteiger partial charge in [0.05, 0.1) is 13.2 Å². The third-order valence-corrected chi connectivity index (χ3v) is 4.11. The molecular formula is C18H25N5O. The zero-order valence-electron chi connectivity index (χ0n) is 14.2. The molecule has 3 rings (SSSR count). The molecule has 0 spiro atoms. The number of rotatable bonds is 7. The normalized spacial score (nSPS) is 15.2. The summed E-state index contributed by atoms with van der Waals surface area (Å²) in [6, 6.07) is 10.2. The summed E-state index contributed by atoms with van der Waals surface area (Å²) in [7, 11) is 0. The molecule has 0 saturated carbocycles. The molecule has 2 N–H and O–H groups in total. The van der Waals surface area contributed by atoms with Gasteiger partial charge in [-0.1, -0.05) is 19.1 Å². The van der Waals surface area contributed by atoms with Crippen molar-refractivity contribution < 1.29 is 4.74 Å². The Morgan fingerprint density at radius 2 is 1.92 bits per heavy atom. The Kier molecular flexibility index (Phi) is 5.98. The van der Waals surface area contributed by atoms with Gasteiger partial charge >= 0.3 is 0 Å². The Hall–Kier alpha value is -2.18. The molecule has 1 aliphatic heterocycles. The molecule has 1 aromatic heterocycles. The molecule has 2 heterocycles. The Balaban J connectivity index is 1.51. The Bertz CT molecular complexity index is 626. The average molecular weight is 327 g/mol. The lowest BCUT2D eigenvalue weighted by Gasteiger charge is -2.26. The van der Waals surface area contributed by atoms with Crippen molar-refractivity contribution in [1.82, 2.24) is 14.9 Å². The molecular weight excluding hydrogens is 302 g/mol. The number of hydrogen-bond donors (Lipinski definition) is 2. The van der Waals surface area contributed by atoms with Gasteiger partial charge < -0.3 is 15.4 Å². The minimum absolute atomic E-state index is 0.607. The molecule has 128 valence electrons. The van der Waals surface area contributed by atoms with Crippen molar-refractivity contribution in [2.45, 2.75) is 13.3 Å². The molecule has 6 heteroatoms. The average Bonchev–Trinajstić information content (AvgIpc) is 2.64. The van der Waals surface area contributed by atoms with E-state index in [4.69, 9.17) is 4.74 Å². The summed E-state index contributed by atoms with van der Waals surface area (Å²) in [5.74, 6) is 1.45.